The van der Waals surface area contributed by atoms with Gasteiger partial charge in [-0.05, 0) is 55.4 Å². The number of rotatable bonds is 2. The van der Waals surface area contributed by atoms with Crippen molar-refractivity contribution in [3.05, 3.63) is 61.0 Å². The summed E-state index contributed by atoms with van der Waals surface area (Å²) < 4.78 is 33.5. The van der Waals surface area contributed by atoms with Crippen LogP contribution in [0.3, 0.4) is 0 Å². The smallest absolute Gasteiger partial charge is 0.175 e. The van der Waals surface area contributed by atoms with E-state index in [0.717, 1.165) is 18.4 Å². The van der Waals surface area contributed by atoms with E-state index in [4.69, 9.17) is 0 Å². The van der Waals surface area contributed by atoms with E-state index in [9.17, 15) is 12.8 Å². The maximum Gasteiger partial charge on any atom is 0.175 e. The molecule has 0 heterocycles. The van der Waals surface area contributed by atoms with Crippen LogP contribution in [-0.2, 0) is 9.84 Å². The van der Waals surface area contributed by atoms with Gasteiger partial charge in [-0.3, -0.25) is 0 Å². The first kappa shape index (κ1) is 26.5. The van der Waals surface area contributed by atoms with E-state index < -0.39 is 9.84 Å². The first-order valence-corrected chi connectivity index (χ1v) is 10.7. The quantitative estimate of drug-likeness (QED) is 0.516. The second-order valence-corrected chi connectivity index (χ2v) is 8.67. The second kappa shape index (κ2) is 12.6. The van der Waals surface area contributed by atoms with Crippen molar-refractivity contribution >= 4 is 15.4 Å². The van der Waals surface area contributed by atoms with E-state index in [1.54, 1.807) is 18.2 Å². The lowest BCUT2D eigenvalue weighted by Gasteiger charge is -2.16. The SMILES string of the molecule is C=C(C)F.C=CC.CC.CC1(C)CC=C(c2ccc(S(C)(=O)=O)cc2)C1. The topological polar surface area (TPSA) is 34.1 Å². The van der Waals surface area contributed by atoms with Gasteiger partial charge in [0.2, 0.25) is 0 Å². The third kappa shape index (κ3) is 11.8. The van der Waals surface area contributed by atoms with E-state index in [0.29, 0.717) is 10.3 Å². The van der Waals surface area contributed by atoms with Crippen LogP contribution in [0, 0.1) is 5.41 Å². The van der Waals surface area contributed by atoms with Gasteiger partial charge in [0.05, 0.1) is 10.7 Å². The molecule has 26 heavy (non-hydrogen) atoms. The predicted octanol–water partition coefficient (Wildman–Crippen LogP) is 7.00. The van der Waals surface area contributed by atoms with E-state index in [-0.39, 0.29) is 5.83 Å². The molecule has 148 valence electrons. The largest absolute Gasteiger partial charge is 0.224 e. The molecule has 0 atom stereocenters. The van der Waals surface area contributed by atoms with Crippen LogP contribution in [0.1, 0.15) is 59.9 Å². The Morgan fingerprint density at radius 3 is 1.85 bits per heavy atom. The summed E-state index contributed by atoms with van der Waals surface area (Å²) in [4.78, 5) is 0.388. The summed E-state index contributed by atoms with van der Waals surface area (Å²) in [5.74, 6) is -0.333. The summed E-state index contributed by atoms with van der Waals surface area (Å²) in [6, 6.07) is 7.20. The number of hydrogen-bond acceptors (Lipinski definition) is 2. The normalized spacial score (nSPS) is 14.2. The first-order chi connectivity index (χ1) is 11.9. The minimum atomic E-state index is -3.09. The van der Waals surface area contributed by atoms with Crippen LogP contribution in [0.25, 0.3) is 5.57 Å². The van der Waals surface area contributed by atoms with Gasteiger partial charge >= 0.3 is 0 Å². The van der Waals surface area contributed by atoms with Crippen molar-refractivity contribution in [2.75, 3.05) is 6.26 Å². The summed E-state index contributed by atoms with van der Waals surface area (Å²) in [6.07, 6.45) is 7.40. The summed E-state index contributed by atoms with van der Waals surface area (Å²) in [6.45, 7) is 17.9. The zero-order valence-electron chi connectivity index (χ0n) is 17.4. The number of sulfone groups is 1. The van der Waals surface area contributed by atoms with E-state index in [2.05, 4.69) is 33.1 Å². The molecular formula is C22H35FO2S. The fourth-order valence-corrected chi connectivity index (χ4v) is 2.83. The van der Waals surface area contributed by atoms with Crippen LogP contribution in [0.4, 0.5) is 4.39 Å². The zero-order chi connectivity index (χ0) is 21.0. The number of benzene rings is 1. The van der Waals surface area contributed by atoms with Crippen molar-refractivity contribution < 1.29 is 12.8 Å². The van der Waals surface area contributed by atoms with Gasteiger partial charge in [-0.1, -0.05) is 58.6 Å². The van der Waals surface area contributed by atoms with Gasteiger partial charge in [0, 0.05) is 6.26 Å². The van der Waals surface area contributed by atoms with Gasteiger partial charge in [-0.2, -0.15) is 0 Å². The van der Waals surface area contributed by atoms with Gasteiger partial charge in [0.15, 0.2) is 9.84 Å². The maximum atomic E-state index is 11.4. The molecule has 0 amide bonds. The molecule has 0 spiro atoms. The highest BCUT2D eigenvalue weighted by Gasteiger charge is 2.25. The van der Waals surface area contributed by atoms with Gasteiger partial charge in [0.1, 0.15) is 0 Å². The van der Waals surface area contributed by atoms with Gasteiger partial charge < -0.3 is 0 Å². The summed E-state index contributed by atoms with van der Waals surface area (Å²) in [7, 11) is -3.09. The lowest BCUT2D eigenvalue weighted by molar-refractivity contribution is 0.403. The van der Waals surface area contributed by atoms with Crippen molar-refractivity contribution in [2.45, 2.75) is 59.3 Å². The molecule has 0 aromatic heterocycles. The van der Waals surface area contributed by atoms with Crippen LogP contribution in [-0.4, -0.2) is 14.7 Å². The van der Waals surface area contributed by atoms with E-state index in [1.165, 1.54) is 18.8 Å². The van der Waals surface area contributed by atoms with Crippen molar-refractivity contribution in [3.8, 4) is 0 Å². The molecule has 1 aromatic rings. The molecule has 1 aliphatic carbocycles. The molecule has 0 fully saturated rings. The molecule has 2 rings (SSSR count). The summed E-state index contributed by atoms with van der Waals surface area (Å²) in [5, 5.41) is 0. The summed E-state index contributed by atoms with van der Waals surface area (Å²) >= 11 is 0. The fourth-order valence-electron chi connectivity index (χ4n) is 2.20. The molecule has 0 N–H and O–H groups in total. The van der Waals surface area contributed by atoms with Gasteiger partial charge in [0.25, 0.3) is 0 Å². The molecular weight excluding hydrogens is 347 g/mol. The standard InChI is InChI=1S/C14H18O2S.C3H5F.C3H6.C2H6/c1-14(2)9-8-12(10-14)11-4-6-13(7-5-11)17(3,15)16;1-3(2)4;1-3-2;1-2/h4-8H,9-10H2,1-3H3;1H2,2H3;3H,1H2,2H3;1-2H3. The van der Waals surface area contributed by atoms with Crippen molar-refractivity contribution in [1.29, 1.82) is 0 Å². The summed E-state index contributed by atoms with van der Waals surface area (Å²) in [5.41, 5.74) is 2.81. The van der Waals surface area contributed by atoms with Crippen LogP contribution < -0.4 is 0 Å². The third-order valence-corrected chi connectivity index (χ3v) is 4.35. The maximum absolute atomic E-state index is 11.4. The highest BCUT2D eigenvalue weighted by Crippen LogP contribution is 2.40. The van der Waals surface area contributed by atoms with Crippen LogP contribution in [0.2, 0.25) is 0 Å². The molecule has 2 nitrogen and oxygen atoms in total. The average Bonchev–Trinajstić information content (AvgIpc) is 2.89. The predicted molar refractivity (Wildman–Crippen MR) is 114 cm³/mol. The van der Waals surface area contributed by atoms with E-state index in [1.807, 2.05) is 32.9 Å². The zero-order valence-corrected chi connectivity index (χ0v) is 18.2. The highest BCUT2D eigenvalue weighted by molar-refractivity contribution is 7.90. The van der Waals surface area contributed by atoms with Crippen molar-refractivity contribution in [1.82, 2.24) is 0 Å². The highest BCUT2D eigenvalue weighted by atomic mass is 32.2. The third-order valence-electron chi connectivity index (χ3n) is 3.22. The van der Waals surface area contributed by atoms with Crippen molar-refractivity contribution in [2.24, 2.45) is 5.41 Å². The Kier molecular flexibility index (Phi) is 12.9. The molecule has 0 bridgehead atoms. The average molecular weight is 383 g/mol. The minimum Gasteiger partial charge on any atom is -0.224 e. The number of allylic oxidation sites excluding steroid dienone is 4. The molecule has 0 aliphatic heterocycles. The number of hydrogen-bond donors (Lipinski definition) is 0. The Morgan fingerprint density at radius 2 is 1.58 bits per heavy atom. The van der Waals surface area contributed by atoms with Crippen molar-refractivity contribution in [3.63, 3.8) is 0 Å². The molecule has 0 saturated heterocycles. The monoisotopic (exact) mass is 382 g/mol. The molecule has 4 heteroatoms. The Labute approximate surface area is 160 Å². The lowest BCUT2D eigenvalue weighted by Crippen LogP contribution is -2.04. The van der Waals surface area contributed by atoms with Gasteiger partial charge in [-0.15, -0.1) is 6.58 Å². The lowest BCUT2D eigenvalue weighted by atomic mass is 9.88. The van der Waals surface area contributed by atoms with Crippen LogP contribution in [0.15, 0.2) is 60.3 Å². The fraction of sp³-hybridized carbons (Fsp3) is 0.455. The molecule has 0 saturated carbocycles. The van der Waals surface area contributed by atoms with Crippen LogP contribution in [0.5, 0.6) is 0 Å². The molecule has 1 aliphatic rings. The molecule has 1 aromatic carbocycles. The Bertz CT molecular complexity index is 677. The first-order valence-electron chi connectivity index (χ1n) is 8.80. The Balaban J connectivity index is 0. The second-order valence-electron chi connectivity index (χ2n) is 6.66. The Hall–Kier alpha value is -1.68. The van der Waals surface area contributed by atoms with E-state index >= 15 is 0 Å². The van der Waals surface area contributed by atoms with Gasteiger partial charge in [-0.25, -0.2) is 12.8 Å². The number of halogens is 1. The molecule has 0 unspecified atom stereocenters. The Morgan fingerprint density at radius 1 is 1.19 bits per heavy atom. The minimum absolute atomic E-state index is 0.333. The van der Waals surface area contributed by atoms with Crippen LogP contribution >= 0.6 is 0 Å². The molecule has 0 radical (unpaired) electrons.